The molecule has 2 fully saturated rings. The Bertz CT molecular complexity index is 231. The molecule has 0 aromatic carbocycles. The Hall–Kier alpha value is -0.0800. The van der Waals surface area contributed by atoms with E-state index in [1.807, 2.05) is 0 Å². The molecule has 0 unspecified atom stereocenters. The summed E-state index contributed by atoms with van der Waals surface area (Å²) in [6.45, 7) is 8.85. The van der Waals surface area contributed by atoms with Gasteiger partial charge in [-0.1, -0.05) is 27.2 Å². The minimum Gasteiger partial charge on any atom is -0.373 e. The Morgan fingerprint density at radius 3 is 2.28 bits per heavy atom. The van der Waals surface area contributed by atoms with Gasteiger partial charge in [0.2, 0.25) is 0 Å². The van der Waals surface area contributed by atoms with E-state index in [1.54, 1.807) is 0 Å². The fourth-order valence-electron chi connectivity index (χ4n) is 2.95. The van der Waals surface area contributed by atoms with E-state index in [1.165, 1.54) is 44.9 Å². The summed E-state index contributed by atoms with van der Waals surface area (Å²) in [6.07, 6.45) is 9.38. The van der Waals surface area contributed by atoms with Crippen molar-refractivity contribution >= 4 is 0 Å². The van der Waals surface area contributed by atoms with Gasteiger partial charge in [0.1, 0.15) is 0 Å². The monoisotopic (exact) mass is 253 g/mol. The molecule has 0 atom stereocenters. The van der Waals surface area contributed by atoms with Crippen LogP contribution in [0.25, 0.3) is 0 Å². The smallest absolute Gasteiger partial charge is 0.0806 e. The van der Waals surface area contributed by atoms with Gasteiger partial charge in [-0.2, -0.15) is 0 Å². The molecule has 2 aliphatic rings. The zero-order valence-electron chi connectivity index (χ0n) is 12.5. The maximum absolute atomic E-state index is 6.38. The van der Waals surface area contributed by atoms with Crippen molar-refractivity contribution in [2.75, 3.05) is 13.2 Å². The lowest BCUT2D eigenvalue weighted by Crippen LogP contribution is -2.48. The summed E-state index contributed by atoms with van der Waals surface area (Å²) < 4.78 is 6.38. The maximum atomic E-state index is 6.38. The molecule has 0 bridgehead atoms. The Morgan fingerprint density at radius 1 is 1.11 bits per heavy atom. The number of ether oxygens (including phenoxy) is 1. The fraction of sp³-hybridized carbons (Fsp3) is 1.00. The molecule has 0 aliphatic heterocycles. The molecule has 0 aromatic heterocycles. The van der Waals surface area contributed by atoms with Crippen LogP contribution in [0.15, 0.2) is 0 Å². The molecule has 2 nitrogen and oxygen atoms in total. The van der Waals surface area contributed by atoms with Crippen molar-refractivity contribution in [3.8, 4) is 0 Å². The zero-order valence-corrected chi connectivity index (χ0v) is 12.5. The molecule has 1 N–H and O–H groups in total. The largest absolute Gasteiger partial charge is 0.373 e. The van der Waals surface area contributed by atoms with Gasteiger partial charge in [0.05, 0.1) is 12.2 Å². The first-order chi connectivity index (χ1) is 8.63. The van der Waals surface area contributed by atoms with Gasteiger partial charge in [-0.05, 0) is 50.4 Å². The summed E-state index contributed by atoms with van der Waals surface area (Å²) >= 11 is 0. The second kappa shape index (κ2) is 6.38. The van der Waals surface area contributed by atoms with Crippen molar-refractivity contribution in [2.24, 2.45) is 11.8 Å². The third-order valence-electron chi connectivity index (χ3n) is 4.75. The Labute approximate surface area is 113 Å². The number of hydrogen-bond donors (Lipinski definition) is 1. The number of hydrogen-bond acceptors (Lipinski definition) is 2. The molecule has 18 heavy (non-hydrogen) atoms. The highest BCUT2D eigenvalue weighted by Crippen LogP contribution is 2.38. The number of rotatable bonds is 7. The van der Waals surface area contributed by atoms with E-state index in [0.717, 1.165) is 25.0 Å². The second-order valence-electron chi connectivity index (χ2n) is 6.82. The zero-order chi connectivity index (χ0) is 13.0. The lowest BCUT2D eigenvalue weighted by atomic mass is 9.77. The third kappa shape index (κ3) is 4.24. The molecule has 0 saturated heterocycles. The summed E-state index contributed by atoms with van der Waals surface area (Å²) in [5.41, 5.74) is 0.151. The fourth-order valence-corrected chi connectivity index (χ4v) is 2.95. The molecule has 0 radical (unpaired) electrons. The lowest BCUT2D eigenvalue weighted by Gasteiger charge is -2.41. The summed E-state index contributed by atoms with van der Waals surface area (Å²) in [4.78, 5) is 0. The van der Waals surface area contributed by atoms with E-state index in [0.29, 0.717) is 6.04 Å². The van der Waals surface area contributed by atoms with Crippen LogP contribution in [0, 0.1) is 11.8 Å². The van der Waals surface area contributed by atoms with Crippen LogP contribution in [-0.2, 0) is 4.74 Å². The highest BCUT2D eigenvalue weighted by molar-refractivity contribution is 4.90. The Balaban J connectivity index is 1.84. The van der Waals surface area contributed by atoms with E-state index >= 15 is 0 Å². The van der Waals surface area contributed by atoms with Crippen molar-refractivity contribution in [1.82, 2.24) is 5.32 Å². The standard InChI is InChI=1S/C16H31NO/c1-4-14-7-9-16(10-8-14,12-17-13(2)3)18-11-15-5-6-15/h13-15,17H,4-12H2,1-3H3. The van der Waals surface area contributed by atoms with Crippen LogP contribution in [0.2, 0.25) is 0 Å². The average molecular weight is 253 g/mol. The van der Waals surface area contributed by atoms with Crippen molar-refractivity contribution in [1.29, 1.82) is 0 Å². The molecular weight excluding hydrogens is 222 g/mol. The van der Waals surface area contributed by atoms with Crippen LogP contribution < -0.4 is 5.32 Å². The van der Waals surface area contributed by atoms with Gasteiger partial charge in [-0.15, -0.1) is 0 Å². The molecular formula is C16H31NO. The van der Waals surface area contributed by atoms with Gasteiger partial charge in [0.25, 0.3) is 0 Å². The van der Waals surface area contributed by atoms with E-state index in [-0.39, 0.29) is 5.60 Å². The highest BCUT2D eigenvalue weighted by Gasteiger charge is 2.37. The Kier molecular flexibility index (Phi) is 5.08. The molecule has 2 heteroatoms. The van der Waals surface area contributed by atoms with Crippen molar-refractivity contribution < 1.29 is 4.74 Å². The van der Waals surface area contributed by atoms with Gasteiger partial charge >= 0.3 is 0 Å². The van der Waals surface area contributed by atoms with Crippen molar-refractivity contribution in [3.05, 3.63) is 0 Å². The highest BCUT2D eigenvalue weighted by atomic mass is 16.5. The third-order valence-corrected chi connectivity index (χ3v) is 4.75. The van der Waals surface area contributed by atoms with Gasteiger partial charge in [-0.25, -0.2) is 0 Å². The van der Waals surface area contributed by atoms with Crippen LogP contribution in [0.5, 0.6) is 0 Å². The van der Waals surface area contributed by atoms with Crippen LogP contribution in [0.1, 0.15) is 65.7 Å². The Morgan fingerprint density at radius 2 is 1.78 bits per heavy atom. The van der Waals surface area contributed by atoms with Gasteiger partial charge in [0, 0.05) is 12.6 Å². The first kappa shape index (κ1) is 14.3. The van der Waals surface area contributed by atoms with Gasteiger partial charge < -0.3 is 10.1 Å². The molecule has 0 aromatic rings. The summed E-state index contributed by atoms with van der Waals surface area (Å²) in [5.74, 6) is 1.83. The van der Waals surface area contributed by atoms with Crippen LogP contribution >= 0.6 is 0 Å². The predicted molar refractivity (Wildman–Crippen MR) is 76.8 cm³/mol. The van der Waals surface area contributed by atoms with Crippen LogP contribution in [-0.4, -0.2) is 24.8 Å². The summed E-state index contributed by atoms with van der Waals surface area (Å²) in [7, 11) is 0. The SMILES string of the molecule is CCC1CCC(CNC(C)C)(OCC2CC2)CC1. The second-order valence-corrected chi connectivity index (χ2v) is 6.82. The van der Waals surface area contributed by atoms with E-state index in [4.69, 9.17) is 4.74 Å². The molecule has 0 heterocycles. The predicted octanol–water partition coefficient (Wildman–Crippen LogP) is 3.75. The van der Waals surface area contributed by atoms with Crippen LogP contribution in [0.3, 0.4) is 0 Å². The molecule has 0 amide bonds. The van der Waals surface area contributed by atoms with Crippen molar-refractivity contribution in [3.63, 3.8) is 0 Å². The van der Waals surface area contributed by atoms with E-state index < -0.39 is 0 Å². The maximum Gasteiger partial charge on any atom is 0.0806 e. The van der Waals surface area contributed by atoms with Gasteiger partial charge in [0.15, 0.2) is 0 Å². The first-order valence-corrected chi connectivity index (χ1v) is 8.01. The average Bonchev–Trinajstić information content (AvgIpc) is 3.19. The minimum absolute atomic E-state index is 0.151. The topological polar surface area (TPSA) is 21.3 Å². The van der Waals surface area contributed by atoms with E-state index in [2.05, 4.69) is 26.1 Å². The van der Waals surface area contributed by atoms with Crippen LogP contribution in [0.4, 0.5) is 0 Å². The van der Waals surface area contributed by atoms with E-state index in [9.17, 15) is 0 Å². The summed E-state index contributed by atoms with van der Waals surface area (Å²) in [6, 6.07) is 0.565. The number of nitrogens with one attached hydrogen (secondary N) is 1. The summed E-state index contributed by atoms with van der Waals surface area (Å²) in [5, 5.41) is 3.61. The quantitative estimate of drug-likeness (QED) is 0.746. The normalized spacial score (nSPS) is 33.0. The minimum atomic E-state index is 0.151. The molecule has 2 rings (SSSR count). The molecule has 0 spiro atoms. The molecule has 106 valence electrons. The molecule has 2 aliphatic carbocycles. The molecule has 2 saturated carbocycles. The van der Waals surface area contributed by atoms with Gasteiger partial charge in [-0.3, -0.25) is 0 Å². The lowest BCUT2D eigenvalue weighted by molar-refractivity contribution is -0.0814. The first-order valence-electron chi connectivity index (χ1n) is 8.01. The van der Waals surface area contributed by atoms with Crippen molar-refractivity contribution in [2.45, 2.75) is 77.4 Å².